The summed E-state index contributed by atoms with van der Waals surface area (Å²) >= 11 is 1.36. The summed E-state index contributed by atoms with van der Waals surface area (Å²) in [7, 11) is 0. The number of benzene rings is 1. The van der Waals surface area contributed by atoms with Crippen LogP contribution in [0.5, 0.6) is 0 Å². The SMILES string of the molecule is CC(SCc1ccccc1)C(=O)N(CC(C)(C)C)CC(F)(F)F. The van der Waals surface area contributed by atoms with E-state index in [-0.39, 0.29) is 12.0 Å². The number of thioether (sulfide) groups is 1. The maximum atomic E-state index is 12.8. The van der Waals surface area contributed by atoms with E-state index >= 15 is 0 Å². The Morgan fingerprint density at radius 1 is 1.13 bits per heavy atom. The molecule has 0 spiro atoms. The summed E-state index contributed by atoms with van der Waals surface area (Å²) in [5.41, 5.74) is 0.667. The third-order valence-electron chi connectivity index (χ3n) is 3.04. The van der Waals surface area contributed by atoms with Crippen molar-refractivity contribution in [3.05, 3.63) is 35.9 Å². The van der Waals surface area contributed by atoms with Crippen molar-refractivity contribution in [2.24, 2.45) is 5.41 Å². The van der Waals surface area contributed by atoms with Gasteiger partial charge in [0.25, 0.3) is 0 Å². The number of carbonyl (C=O) groups is 1. The summed E-state index contributed by atoms with van der Waals surface area (Å²) in [6, 6.07) is 9.58. The van der Waals surface area contributed by atoms with E-state index in [9.17, 15) is 18.0 Å². The van der Waals surface area contributed by atoms with Crippen molar-refractivity contribution in [1.29, 1.82) is 0 Å². The van der Waals surface area contributed by atoms with Gasteiger partial charge in [-0.1, -0.05) is 51.1 Å². The molecular formula is C17H24F3NOS. The molecule has 1 rings (SSSR count). The van der Waals surface area contributed by atoms with Gasteiger partial charge in [0.2, 0.25) is 5.91 Å². The Morgan fingerprint density at radius 3 is 2.17 bits per heavy atom. The summed E-state index contributed by atoms with van der Waals surface area (Å²) < 4.78 is 38.3. The van der Waals surface area contributed by atoms with Gasteiger partial charge in [-0.2, -0.15) is 13.2 Å². The summed E-state index contributed by atoms with van der Waals surface area (Å²) in [5.74, 6) is 0.140. The zero-order valence-corrected chi connectivity index (χ0v) is 14.8. The second-order valence-electron chi connectivity index (χ2n) is 6.81. The van der Waals surface area contributed by atoms with Gasteiger partial charge in [-0.05, 0) is 17.9 Å². The van der Waals surface area contributed by atoms with E-state index in [0.29, 0.717) is 5.75 Å². The number of hydrogen-bond donors (Lipinski definition) is 0. The average molecular weight is 347 g/mol. The molecule has 0 aliphatic rings. The van der Waals surface area contributed by atoms with Crippen molar-refractivity contribution in [3.8, 4) is 0 Å². The molecule has 130 valence electrons. The van der Waals surface area contributed by atoms with Crippen molar-refractivity contribution in [2.45, 2.75) is 44.9 Å². The van der Waals surface area contributed by atoms with E-state index in [0.717, 1.165) is 10.5 Å². The van der Waals surface area contributed by atoms with Crippen LogP contribution >= 0.6 is 11.8 Å². The molecule has 0 aliphatic carbocycles. The highest BCUT2D eigenvalue weighted by Gasteiger charge is 2.36. The van der Waals surface area contributed by atoms with E-state index in [4.69, 9.17) is 0 Å². The Balaban J connectivity index is 2.70. The number of amides is 1. The van der Waals surface area contributed by atoms with Crippen LogP contribution in [0.4, 0.5) is 13.2 Å². The highest BCUT2D eigenvalue weighted by Crippen LogP contribution is 2.25. The van der Waals surface area contributed by atoms with Crippen LogP contribution in [0.25, 0.3) is 0 Å². The summed E-state index contributed by atoms with van der Waals surface area (Å²) in [6.07, 6.45) is -4.38. The van der Waals surface area contributed by atoms with E-state index < -0.39 is 23.9 Å². The van der Waals surface area contributed by atoms with E-state index in [1.165, 1.54) is 11.8 Å². The van der Waals surface area contributed by atoms with Gasteiger partial charge >= 0.3 is 6.18 Å². The molecule has 1 aromatic rings. The van der Waals surface area contributed by atoms with Gasteiger partial charge in [-0.25, -0.2) is 0 Å². The van der Waals surface area contributed by atoms with Gasteiger partial charge in [-0.3, -0.25) is 4.79 Å². The van der Waals surface area contributed by atoms with Crippen molar-refractivity contribution >= 4 is 17.7 Å². The standard InChI is InChI=1S/C17H24F3NOS/c1-13(23-10-14-8-6-5-7-9-14)15(22)21(11-16(2,3)4)12-17(18,19)20/h5-9,13H,10-12H2,1-4H3. The molecule has 0 fully saturated rings. The second-order valence-corrected chi connectivity index (χ2v) is 8.14. The molecule has 0 radical (unpaired) electrons. The molecule has 1 amide bonds. The van der Waals surface area contributed by atoms with Crippen LogP contribution in [0, 0.1) is 5.41 Å². The minimum atomic E-state index is -4.38. The van der Waals surface area contributed by atoms with E-state index in [2.05, 4.69) is 0 Å². The lowest BCUT2D eigenvalue weighted by Crippen LogP contribution is -2.46. The Hall–Kier alpha value is -1.17. The predicted octanol–water partition coefficient (Wildman–Crippen LogP) is 4.75. The number of halogens is 3. The molecule has 0 aromatic heterocycles. The van der Waals surface area contributed by atoms with Gasteiger partial charge in [-0.15, -0.1) is 11.8 Å². The van der Waals surface area contributed by atoms with Crippen LogP contribution in [0.3, 0.4) is 0 Å². The fourth-order valence-electron chi connectivity index (χ4n) is 2.12. The molecule has 0 N–H and O–H groups in total. The fourth-order valence-corrected chi connectivity index (χ4v) is 3.05. The minimum Gasteiger partial charge on any atom is -0.332 e. The molecule has 23 heavy (non-hydrogen) atoms. The van der Waals surface area contributed by atoms with E-state index in [1.54, 1.807) is 6.92 Å². The molecule has 0 aliphatic heterocycles. The first-order valence-corrected chi connectivity index (χ1v) is 8.54. The molecule has 0 saturated heterocycles. The van der Waals surface area contributed by atoms with Gasteiger partial charge < -0.3 is 4.90 Å². The molecule has 1 atom stereocenters. The molecule has 1 unspecified atom stereocenters. The third kappa shape index (κ3) is 8.30. The van der Waals surface area contributed by atoms with Crippen LogP contribution < -0.4 is 0 Å². The smallest absolute Gasteiger partial charge is 0.332 e. The van der Waals surface area contributed by atoms with Gasteiger partial charge in [0.1, 0.15) is 6.54 Å². The monoisotopic (exact) mass is 347 g/mol. The zero-order valence-electron chi connectivity index (χ0n) is 14.0. The third-order valence-corrected chi connectivity index (χ3v) is 4.24. The lowest BCUT2D eigenvalue weighted by molar-refractivity contribution is -0.162. The first-order valence-electron chi connectivity index (χ1n) is 7.49. The Labute approximate surface area is 140 Å². The van der Waals surface area contributed by atoms with Crippen LogP contribution in [0.2, 0.25) is 0 Å². The number of nitrogens with zero attached hydrogens (tertiary/aromatic N) is 1. The normalized spacial score (nSPS) is 13.7. The number of carbonyl (C=O) groups excluding carboxylic acids is 1. The first-order chi connectivity index (χ1) is 10.5. The number of hydrogen-bond acceptors (Lipinski definition) is 2. The molecule has 0 saturated carbocycles. The minimum absolute atomic E-state index is 0.0849. The number of rotatable bonds is 6. The molecule has 0 bridgehead atoms. The maximum Gasteiger partial charge on any atom is 0.406 e. The Morgan fingerprint density at radius 2 is 1.70 bits per heavy atom. The highest BCUT2D eigenvalue weighted by atomic mass is 32.2. The largest absolute Gasteiger partial charge is 0.406 e. The molecule has 0 heterocycles. The second kappa shape index (κ2) is 8.08. The molecule has 6 heteroatoms. The van der Waals surface area contributed by atoms with Crippen LogP contribution in [-0.4, -0.2) is 35.3 Å². The fraction of sp³-hybridized carbons (Fsp3) is 0.588. The summed E-state index contributed by atoms with van der Waals surface area (Å²) in [4.78, 5) is 13.4. The van der Waals surface area contributed by atoms with Gasteiger partial charge in [0.15, 0.2) is 0 Å². The van der Waals surface area contributed by atoms with Gasteiger partial charge in [0, 0.05) is 12.3 Å². The highest BCUT2D eigenvalue weighted by molar-refractivity contribution is 7.99. The summed E-state index contributed by atoms with van der Waals surface area (Å²) in [5, 5.41) is -0.514. The van der Waals surface area contributed by atoms with E-state index in [1.807, 2.05) is 51.1 Å². The zero-order chi connectivity index (χ0) is 17.7. The lowest BCUT2D eigenvalue weighted by atomic mass is 9.96. The van der Waals surface area contributed by atoms with Gasteiger partial charge in [0.05, 0.1) is 5.25 Å². The Bertz CT molecular complexity index is 481. The van der Waals surface area contributed by atoms with Crippen LogP contribution in [-0.2, 0) is 10.5 Å². The topological polar surface area (TPSA) is 20.3 Å². The van der Waals surface area contributed by atoms with Crippen LogP contribution in [0.1, 0.15) is 33.3 Å². The molecule has 2 nitrogen and oxygen atoms in total. The van der Waals surface area contributed by atoms with Crippen LogP contribution in [0.15, 0.2) is 30.3 Å². The average Bonchev–Trinajstić information content (AvgIpc) is 2.41. The molecule has 1 aromatic carbocycles. The first kappa shape index (κ1) is 19.9. The Kier molecular flexibility index (Phi) is 6.99. The van der Waals surface area contributed by atoms with Crippen molar-refractivity contribution in [2.75, 3.05) is 13.1 Å². The quantitative estimate of drug-likeness (QED) is 0.740. The van der Waals surface area contributed by atoms with Crippen molar-refractivity contribution in [1.82, 2.24) is 4.90 Å². The maximum absolute atomic E-state index is 12.8. The summed E-state index contributed by atoms with van der Waals surface area (Å²) in [6.45, 7) is 6.03. The lowest BCUT2D eigenvalue weighted by Gasteiger charge is -2.32. The number of alkyl halides is 3. The van der Waals surface area contributed by atoms with Crippen molar-refractivity contribution < 1.29 is 18.0 Å². The predicted molar refractivity (Wildman–Crippen MR) is 89.3 cm³/mol. The molecular weight excluding hydrogens is 323 g/mol. The van der Waals surface area contributed by atoms with Crippen molar-refractivity contribution in [3.63, 3.8) is 0 Å².